The topological polar surface area (TPSA) is 201 Å². The summed E-state index contributed by atoms with van der Waals surface area (Å²) in [6, 6.07) is 27.2. The monoisotopic (exact) mass is 842 g/mol. The predicted molar refractivity (Wildman–Crippen MR) is 219 cm³/mol. The Hall–Kier alpha value is -6.40. The Morgan fingerprint density at radius 3 is 2.02 bits per heavy atom. The van der Waals surface area contributed by atoms with Crippen LogP contribution in [0.25, 0.3) is 0 Å². The van der Waals surface area contributed by atoms with Crippen LogP contribution in [0.3, 0.4) is 0 Å². The maximum atomic E-state index is 14.3. The molecule has 0 saturated carbocycles. The van der Waals surface area contributed by atoms with Crippen LogP contribution in [0.2, 0.25) is 0 Å². The maximum absolute atomic E-state index is 14.3. The van der Waals surface area contributed by atoms with Crippen LogP contribution >= 0.6 is 23.1 Å². The van der Waals surface area contributed by atoms with E-state index in [1.165, 1.54) is 35.7 Å². The number of benzene rings is 3. The van der Waals surface area contributed by atoms with Crippen molar-refractivity contribution in [3.63, 3.8) is 0 Å². The first-order valence-electron chi connectivity index (χ1n) is 18.4. The molecule has 3 N–H and O–H groups in total. The summed E-state index contributed by atoms with van der Waals surface area (Å²) < 4.78 is 20.6. The lowest BCUT2D eigenvalue weighted by Crippen LogP contribution is -2.71. The van der Waals surface area contributed by atoms with E-state index in [2.05, 4.69) is 15.5 Å². The van der Waals surface area contributed by atoms with E-state index in [0.29, 0.717) is 5.57 Å². The molecule has 2 aliphatic rings. The van der Waals surface area contributed by atoms with Gasteiger partial charge in [-0.3, -0.25) is 14.5 Å². The molecule has 4 aromatic rings. The number of amides is 3. The average Bonchev–Trinajstić information content (AvgIpc) is 3.67. The van der Waals surface area contributed by atoms with E-state index in [1.54, 1.807) is 19.2 Å². The van der Waals surface area contributed by atoms with Crippen LogP contribution < -0.4 is 11.1 Å². The van der Waals surface area contributed by atoms with Crippen LogP contribution in [0.4, 0.5) is 14.7 Å². The van der Waals surface area contributed by atoms with Crippen molar-refractivity contribution in [2.45, 2.75) is 37.0 Å². The number of esters is 1. The number of nitrogen functional groups attached to an aromatic ring is 1. The van der Waals surface area contributed by atoms with Crippen LogP contribution in [0.5, 0.6) is 0 Å². The fourth-order valence-electron chi connectivity index (χ4n) is 6.22. The van der Waals surface area contributed by atoms with E-state index in [-0.39, 0.29) is 47.8 Å². The summed E-state index contributed by atoms with van der Waals surface area (Å²) in [5.74, 6) is -2.20. The van der Waals surface area contributed by atoms with Gasteiger partial charge in [-0.15, -0.1) is 23.1 Å². The van der Waals surface area contributed by atoms with Gasteiger partial charge in [-0.1, -0.05) is 96.2 Å². The largest absolute Gasteiger partial charge is 0.508 e. The van der Waals surface area contributed by atoms with E-state index in [9.17, 15) is 24.0 Å². The molecule has 3 aromatic carbocycles. The number of carbonyl (C=O) groups is 5. The molecule has 0 radical (unpaired) electrons. The summed E-state index contributed by atoms with van der Waals surface area (Å²) in [4.78, 5) is 79.2. The number of carbonyl (C=O) groups excluding carboxylic acids is 5. The Kier molecular flexibility index (Phi) is 13.5. The summed E-state index contributed by atoms with van der Waals surface area (Å²) in [5.41, 5.74) is 6.86. The number of β-lactam (4-membered cyclic amide) rings is 1. The zero-order chi connectivity index (χ0) is 42.1. The van der Waals surface area contributed by atoms with Gasteiger partial charge in [-0.05, 0) is 13.8 Å². The smallest absolute Gasteiger partial charge is 0.457 e. The highest BCUT2D eigenvalue weighted by Crippen LogP contribution is 2.42. The van der Waals surface area contributed by atoms with Crippen molar-refractivity contribution in [3.05, 3.63) is 130 Å². The number of rotatable bonds is 15. The molecule has 6 rings (SSSR count). The molecule has 3 heterocycles. The first-order chi connectivity index (χ1) is 28.4. The molecule has 0 aliphatic carbocycles. The van der Waals surface area contributed by atoms with Crippen LogP contribution in [0, 0.1) is 0 Å². The van der Waals surface area contributed by atoms with E-state index in [0.717, 1.165) is 28.0 Å². The van der Waals surface area contributed by atoms with Crippen molar-refractivity contribution in [2.75, 3.05) is 45.4 Å². The Bertz CT molecular complexity index is 2120. The third-order valence-corrected chi connectivity index (χ3v) is 10.9. The van der Waals surface area contributed by atoms with Crippen molar-refractivity contribution in [1.29, 1.82) is 0 Å². The number of nitrogens with two attached hydrogens (primary N) is 1. The molecule has 18 heteroatoms. The summed E-state index contributed by atoms with van der Waals surface area (Å²) >= 11 is 2.34. The number of anilines is 1. The lowest BCUT2D eigenvalue weighted by molar-refractivity contribution is -0.153. The highest BCUT2D eigenvalue weighted by Gasteiger charge is 2.55. The Labute approximate surface area is 348 Å². The molecular weight excluding hydrogens is 801 g/mol. The zero-order valence-corrected chi connectivity index (χ0v) is 34.2. The van der Waals surface area contributed by atoms with Crippen LogP contribution in [-0.2, 0) is 43.8 Å². The minimum atomic E-state index is -1.34. The summed E-state index contributed by atoms with van der Waals surface area (Å²) in [6.07, 6.45) is -2.01. The van der Waals surface area contributed by atoms with Crippen molar-refractivity contribution in [2.24, 2.45) is 5.16 Å². The molecular formula is C41H42N6O10S2. The second-order valence-electron chi connectivity index (χ2n) is 13.5. The third-order valence-electron chi connectivity index (χ3n) is 8.92. The quantitative estimate of drug-likeness (QED) is 0.0312. The second kappa shape index (κ2) is 18.9. The number of nitrogens with one attached hydrogen (secondary N) is 1. The molecule has 59 heavy (non-hydrogen) atoms. The molecule has 3 amide bonds. The minimum absolute atomic E-state index is 0.113. The number of hydrogen-bond donors (Lipinski definition) is 2. The lowest BCUT2D eigenvalue weighted by Gasteiger charge is -2.49. The zero-order valence-electron chi connectivity index (χ0n) is 32.6. The van der Waals surface area contributed by atoms with Crippen LogP contribution in [-0.4, -0.2) is 108 Å². The molecule has 1 unspecified atom stereocenters. The van der Waals surface area contributed by atoms with Crippen LogP contribution in [0.15, 0.2) is 113 Å². The number of fused-ring (bicyclic) bond motifs is 1. The van der Waals surface area contributed by atoms with E-state index in [1.807, 2.05) is 91.0 Å². The number of nitrogens with zero attached hydrogens (tertiary/aromatic N) is 4. The molecule has 1 fully saturated rings. The highest BCUT2D eigenvalue weighted by molar-refractivity contribution is 8.00. The molecule has 2 atom stereocenters. The lowest BCUT2D eigenvalue weighted by atomic mass is 9.80. The number of oxime groups is 1. The summed E-state index contributed by atoms with van der Waals surface area (Å²) in [7, 11) is 3.00. The normalized spacial score (nSPS) is 16.4. The molecule has 308 valence electrons. The van der Waals surface area contributed by atoms with Crippen molar-refractivity contribution in [3.8, 4) is 0 Å². The van der Waals surface area contributed by atoms with E-state index >= 15 is 0 Å². The Morgan fingerprint density at radius 1 is 0.915 bits per heavy atom. The van der Waals surface area contributed by atoms with Gasteiger partial charge in [0.1, 0.15) is 42.6 Å². The van der Waals surface area contributed by atoms with Crippen LogP contribution in [0.1, 0.15) is 36.2 Å². The van der Waals surface area contributed by atoms with Crippen molar-refractivity contribution in [1.82, 2.24) is 20.1 Å². The Morgan fingerprint density at radius 2 is 1.49 bits per heavy atom. The van der Waals surface area contributed by atoms with Crippen molar-refractivity contribution >= 4 is 64.0 Å². The molecule has 1 aromatic heterocycles. The van der Waals surface area contributed by atoms with Gasteiger partial charge in [0.2, 0.25) is 5.60 Å². The van der Waals surface area contributed by atoms with Crippen molar-refractivity contribution < 1.29 is 47.8 Å². The number of aromatic nitrogens is 1. The van der Waals surface area contributed by atoms with Gasteiger partial charge in [-0.25, -0.2) is 19.4 Å². The molecule has 0 spiro atoms. The number of thiazole rings is 1. The number of ether oxygens (including phenoxy) is 4. The number of hydrogen-bond acceptors (Lipinski definition) is 15. The molecule has 2 aliphatic heterocycles. The molecule has 16 nitrogen and oxygen atoms in total. The van der Waals surface area contributed by atoms with Gasteiger partial charge in [0.25, 0.3) is 11.8 Å². The molecule has 1 saturated heterocycles. The minimum Gasteiger partial charge on any atom is -0.457 e. The van der Waals surface area contributed by atoms with Gasteiger partial charge < -0.3 is 39.7 Å². The predicted octanol–water partition coefficient (Wildman–Crippen LogP) is 4.90. The highest BCUT2D eigenvalue weighted by atomic mass is 32.2. The fourth-order valence-corrected chi connectivity index (χ4v) is 8.09. The van der Waals surface area contributed by atoms with Gasteiger partial charge in [-0.2, -0.15) is 0 Å². The SMILES string of the molecule is CC(C)OC(=O)OCCOC(=O)C1=C(COC(=O)N(C)C)CS[C@H]2C(NC(=O)C(=NOC(c3ccccc3)(c3ccccc3)c3ccccc3)c3csc(N)n3)C(=O)N12. The standard InChI is InChI=1S/C41H42N6O10S2/c1-25(2)56-40(52)54-21-20-53-37(50)33-26(22-55-39(51)46(3)4)23-58-36-32(35(49)47(33)36)44-34(48)31(30-24-59-38(42)43-30)45-57-41(27-14-8-5-9-15-27,28-16-10-6-11-17-28)29-18-12-7-13-19-29/h5-19,24-25,32,36H,20-23H2,1-4H3,(H2,42,43)(H,44,48)/t32?,36-/m0/s1. The van der Waals surface area contributed by atoms with E-state index < -0.39 is 53.2 Å². The Balaban J connectivity index is 1.28. The maximum Gasteiger partial charge on any atom is 0.508 e. The average molecular weight is 843 g/mol. The first kappa shape index (κ1) is 42.2. The fraction of sp³-hybridized carbons (Fsp3) is 0.293. The summed E-state index contributed by atoms with van der Waals surface area (Å²) in [5, 5.41) is 8.25. The van der Waals surface area contributed by atoms with Gasteiger partial charge in [0, 0.05) is 47.5 Å². The second-order valence-corrected chi connectivity index (χ2v) is 15.5. The van der Waals surface area contributed by atoms with Gasteiger partial charge >= 0.3 is 18.2 Å². The van der Waals surface area contributed by atoms with Gasteiger partial charge in [0.15, 0.2) is 10.8 Å². The third kappa shape index (κ3) is 9.50. The summed E-state index contributed by atoms with van der Waals surface area (Å²) in [6.45, 7) is 2.32. The van der Waals surface area contributed by atoms with Gasteiger partial charge in [0.05, 0.1) is 6.10 Å². The molecule has 0 bridgehead atoms. The van der Waals surface area contributed by atoms with E-state index in [4.69, 9.17) is 29.5 Å². The first-order valence-corrected chi connectivity index (χ1v) is 20.3. The number of thioether (sulfide) groups is 1.